The Hall–Kier alpha value is -3.97. The summed E-state index contributed by atoms with van der Waals surface area (Å²) in [5, 5.41) is 3.02. The number of carbonyl (C=O) groups is 2. The molecule has 2 atom stereocenters. The summed E-state index contributed by atoms with van der Waals surface area (Å²) in [6, 6.07) is 20.5. The molecule has 0 aliphatic heterocycles. The molecule has 0 saturated heterocycles. The Morgan fingerprint density at radius 3 is 2.48 bits per heavy atom. The highest BCUT2D eigenvalue weighted by Crippen LogP contribution is 2.47. The highest BCUT2D eigenvalue weighted by Gasteiger charge is 2.32. The summed E-state index contributed by atoms with van der Waals surface area (Å²) in [6.45, 7) is 0. The number of nitrogens with zero attached hydrogens (tertiary/aromatic N) is 1. The highest BCUT2D eigenvalue weighted by molar-refractivity contribution is 5.93. The topological polar surface area (TPSA) is 127 Å². The molecule has 6 N–H and O–H groups in total. The van der Waals surface area contributed by atoms with E-state index in [4.69, 9.17) is 16.5 Å². The summed E-state index contributed by atoms with van der Waals surface area (Å²) in [5.41, 5.74) is 17.7. The average molecular weight is 411 g/mol. The predicted octanol–water partition coefficient (Wildman–Crippen LogP) is 2.62. The lowest BCUT2D eigenvalue weighted by atomic mass is 9.98. The minimum atomic E-state index is -1.02. The van der Waals surface area contributed by atoms with Crippen molar-refractivity contribution < 1.29 is 9.59 Å². The van der Waals surface area contributed by atoms with Gasteiger partial charge in [-0.05, 0) is 34.4 Å². The number of amides is 2. The van der Waals surface area contributed by atoms with Crippen LogP contribution in [0.2, 0.25) is 0 Å². The van der Waals surface area contributed by atoms with E-state index in [0.29, 0.717) is 0 Å². The smallest absolute Gasteiger partial charge is 0.234 e. The number of rotatable bonds is 5. The van der Waals surface area contributed by atoms with E-state index in [1.165, 1.54) is 0 Å². The zero-order valence-corrected chi connectivity index (χ0v) is 16.6. The molecule has 1 aliphatic carbocycles. The van der Waals surface area contributed by atoms with E-state index in [1.54, 1.807) is 0 Å². The third-order valence-electron chi connectivity index (χ3n) is 5.67. The molecule has 0 fully saturated rings. The van der Waals surface area contributed by atoms with E-state index in [1.807, 2.05) is 66.7 Å². The Labute approximate surface area is 178 Å². The van der Waals surface area contributed by atoms with Gasteiger partial charge in [0, 0.05) is 5.56 Å². The summed E-state index contributed by atoms with van der Waals surface area (Å²) in [4.78, 5) is 32.0. The van der Waals surface area contributed by atoms with Crippen LogP contribution in [0.1, 0.15) is 23.6 Å². The fourth-order valence-electron chi connectivity index (χ4n) is 4.21. The maximum atomic E-state index is 12.6. The lowest BCUT2D eigenvalue weighted by Gasteiger charge is -2.17. The molecular formula is C24H21N5O2. The van der Waals surface area contributed by atoms with Gasteiger partial charge in [0.25, 0.3) is 0 Å². The first kappa shape index (κ1) is 19.0. The molecule has 1 heterocycles. The van der Waals surface area contributed by atoms with Gasteiger partial charge in [-0.3, -0.25) is 9.59 Å². The van der Waals surface area contributed by atoms with Crippen LogP contribution >= 0.6 is 0 Å². The third-order valence-corrected chi connectivity index (χ3v) is 5.67. The zero-order chi connectivity index (χ0) is 21.5. The molecule has 2 amide bonds. The molecule has 0 saturated carbocycles. The lowest BCUT2D eigenvalue weighted by molar-refractivity contribution is -0.126. The molecule has 1 aromatic heterocycles. The first-order chi connectivity index (χ1) is 15.0. The monoisotopic (exact) mass is 411 g/mol. The number of carbonyl (C=O) groups excluding carboxylic acids is 2. The van der Waals surface area contributed by atoms with E-state index < -0.39 is 11.9 Å². The lowest BCUT2D eigenvalue weighted by Crippen LogP contribution is -2.41. The molecule has 31 heavy (non-hydrogen) atoms. The van der Waals surface area contributed by atoms with Crippen LogP contribution in [0.25, 0.3) is 33.5 Å². The number of aromatic amines is 1. The first-order valence-corrected chi connectivity index (χ1v) is 10.0. The number of nitrogens with two attached hydrogens (primary N) is 2. The molecule has 3 aromatic carbocycles. The molecule has 5 rings (SSSR count). The fourth-order valence-corrected chi connectivity index (χ4v) is 4.21. The molecule has 1 aliphatic rings. The summed E-state index contributed by atoms with van der Waals surface area (Å²) in [7, 11) is 0. The van der Waals surface area contributed by atoms with Crippen LogP contribution in [-0.2, 0) is 9.59 Å². The van der Waals surface area contributed by atoms with Crippen LogP contribution in [0.5, 0.6) is 0 Å². The second kappa shape index (κ2) is 7.37. The minimum absolute atomic E-state index is 0.160. The predicted molar refractivity (Wildman–Crippen MR) is 119 cm³/mol. The fraction of sp³-hybridized carbons (Fsp3) is 0.125. The Kier molecular flexibility index (Phi) is 4.52. The Bertz CT molecular complexity index is 1290. The van der Waals surface area contributed by atoms with Gasteiger partial charge >= 0.3 is 0 Å². The van der Waals surface area contributed by atoms with Crippen molar-refractivity contribution in [2.75, 3.05) is 0 Å². The summed E-state index contributed by atoms with van der Waals surface area (Å²) in [6.07, 6.45) is -0.160. The number of benzene rings is 3. The average Bonchev–Trinajstić information content (AvgIpc) is 3.33. The number of H-pyrrole nitrogens is 1. The van der Waals surface area contributed by atoms with E-state index in [-0.39, 0.29) is 18.4 Å². The van der Waals surface area contributed by atoms with E-state index >= 15 is 0 Å². The van der Waals surface area contributed by atoms with Crippen molar-refractivity contribution in [2.45, 2.75) is 18.5 Å². The van der Waals surface area contributed by atoms with Gasteiger partial charge in [-0.15, -0.1) is 0 Å². The summed E-state index contributed by atoms with van der Waals surface area (Å²) < 4.78 is 0. The highest BCUT2D eigenvalue weighted by atomic mass is 16.2. The Balaban J connectivity index is 1.59. The number of nitrogens with one attached hydrogen (secondary N) is 2. The number of primary amides is 1. The molecule has 0 radical (unpaired) electrons. The molecule has 1 unspecified atom stereocenters. The van der Waals surface area contributed by atoms with Gasteiger partial charge in [-0.2, -0.15) is 0 Å². The van der Waals surface area contributed by atoms with Crippen LogP contribution in [0, 0.1) is 0 Å². The normalized spacial score (nSPS) is 15.3. The summed E-state index contributed by atoms with van der Waals surface area (Å²) >= 11 is 0. The molecular weight excluding hydrogens is 390 g/mol. The number of hydrogen-bond acceptors (Lipinski definition) is 4. The van der Waals surface area contributed by atoms with Crippen LogP contribution in [0.4, 0.5) is 0 Å². The van der Waals surface area contributed by atoms with Crippen LogP contribution < -0.4 is 16.8 Å². The van der Waals surface area contributed by atoms with Crippen LogP contribution in [0.3, 0.4) is 0 Å². The Morgan fingerprint density at radius 1 is 0.968 bits per heavy atom. The van der Waals surface area contributed by atoms with Gasteiger partial charge in [0.2, 0.25) is 11.8 Å². The van der Waals surface area contributed by atoms with E-state index in [0.717, 1.165) is 44.7 Å². The molecule has 7 heteroatoms. The Morgan fingerprint density at radius 2 is 1.68 bits per heavy atom. The minimum Gasteiger partial charge on any atom is -0.368 e. The number of fused-ring (bicyclic) bond motifs is 4. The zero-order valence-electron chi connectivity index (χ0n) is 16.6. The summed E-state index contributed by atoms with van der Waals surface area (Å²) in [5.74, 6) is -0.252. The molecule has 4 aromatic rings. The van der Waals surface area contributed by atoms with Crippen molar-refractivity contribution >= 4 is 22.8 Å². The van der Waals surface area contributed by atoms with Crippen LogP contribution in [-0.4, -0.2) is 27.8 Å². The SMILES string of the molecule is NC(=O)[C@H](N)CC(=O)NC1c2ccccc2-c2c(-c3nc4ccccc4[nH]3)cccc21. The van der Waals surface area contributed by atoms with Crippen molar-refractivity contribution in [2.24, 2.45) is 11.5 Å². The van der Waals surface area contributed by atoms with Crippen molar-refractivity contribution in [1.82, 2.24) is 15.3 Å². The van der Waals surface area contributed by atoms with Crippen LogP contribution in [0.15, 0.2) is 66.7 Å². The maximum Gasteiger partial charge on any atom is 0.234 e. The third kappa shape index (κ3) is 3.25. The van der Waals surface area contributed by atoms with Gasteiger partial charge in [-0.25, -0.2) is 4.98 Å². The van der Waals surface area contributed by atoms with Gasteiger partial charge in [0.15, 0.2) is 0 Å². The van der Waals surface area contributed by atoms with Crippen molar-refractivity contribution in [1.29, 1.82) is 0 Å². The van der Waals surface area contributed by atoms with Gasteiger partial charge in [0.05, 0.1) is 29.5 Å². The number of imidazole rings is 1. The standard InChI is InChI=1S/C24H21N5O2/c25-17(23(26)31)12-20(30)29-22-14-7-2-1-6-13(14)21-15(22)8-5-9-16(21)24-27-18-10-3-4-11-19(18)28-24/h1-11,17,22H,12,25H2,(H2,26,31)(H,27,28)(H,29,30)/t17-,22?/m1/s1. The number of para-hydroxylation sites is 2. The maximum absolute atomic E-state index is 12.6. The number of aromatic nitrogens is 2. The first-order valence-electron chi connectivity index (χ1n) is 10.0. The quantitative estimate of drug-likeness (QED) is 0.402. The van der Waals surface area contributed by atoms with Gasteiger partial charge < -0.3 is 21.8 Å². The van der Waals surface area contributed by atoms with Gasteiger partial charge in [0.1, 0.15) is 5.82 Å². The number of hydrogen-bond donors (Lipinski definition) is 4. The largest absolute Gasteiger partial charge is 0.368 e. The molecule has 0 bridgehead atoms. The molecule has 7 nitrogen and oxygen atoms in total. The van der Waals surface area contributed by atoms with Crippen molar-refractivity contribution in [3.63, 3.8) is 0 Å². The van der Waals surface area contributed by atoms with E-state index in [9.17, 15) is 9.59 Å². The second-order valence-electron chi connectivity index (χ2n) is 7.67. The molecule has 0 spiro atoms. The second-order valence-corrected chi connectivity index (χ2v) is 7.67. The van der Waals surface area contributed by atoms with Crippen molar-refractivity contribution in [3.05, 3.63) is 77.9 Å². The van der Waals surface area contributed by atoms with Crippen molar-refractivity contribution in [3.8, 4) is 22.5 Å². The van der Waals surface area contributed by atoms with E-state index in [2.05, 4.69) is 10.3 Å². The van der Waals surface area contributed by atoms with Gasteiger partial charge in [-0.1, -0.05) is 54.6 Å². The molecule has 154 valence electrons.